The second-order valence-electron chi connectivity index (χ2n) is 5.27. The third kappa shape index (κ3) is 2.86. The van der Waals surface area contributed by atoms with Crippen molar-refractivity contribution in [3.05, 3.63) is 23.9 Å². The molecule has 0 aromatic carbocycles. The maximum absolute atomic E-state index is 12.6. The van der Waals surface area contributed by atoms with E-state index in [1.165, 1.54) is 12.1 Å². The Labute approximate surface area is 114 Å². The zero-order valence-electron chi connectivity index (χ0n) is 10.9. The second kappa shape index (κ2) is 4.96. The molecule has 1 aliphatic heterocycles. The SMILES string of the molecule is CC1(C(=O)O)CCCN(c2cccc(C(F)(F)F)n2)C1. The van der Waals surface area contributed by atoms with Crippen LogP contribution in [0.2, 0.25) is 0 Å². The number of carboxylic acid groups (broad SMARTS) is 1. The van der Waals surface area contributed by atoms with Gasteiger partial charge in [0.05, 0.1) is 5.41 Å². The lowest BCUT2D eigenvalue weighted by atomic mass is 9.82. The van der Waals surface area contributed by atoms with Gasteiger partial charge in [0, 0.05) is 13.1 Å². The lowest BCUT2D eigenvalue weighted by Crippen LogP contribution is -2.46. The first-order valence-electron chi connectivity index (χ1n) is 6.25. The molecule has 1 atom stereocenters. The van der Waals surface area contributed by atoms with Crippen LogP contribution in [0.25, 0.3) is 0 Å². The third-order valence-corrected chi connectivity index (χ3v) is 3.56. The molecule has 20 heavy (non-hydrogen) atoms. The van der Waals surface area contributed by atoms with Crippen LogP contribution in [0.15, 0.2) is 18.2 Å². The van der Waals surface area contributed by atoms with Gasteiger partial charge in [0.1, 0.15) is 11.5 Å². The predicted octanol–water partition coefficient (Wildman–Crippen LogP) is 2.79. The molecule has 0 aliphatic carbocycles. The quantitative estimate of drug-likeness (QED) is 0.909. The van der Waals surface area contributed by atoms with Gasteiger partial charge in [0.2, 0.25) is 0 Å². The van der Waals surface area contributed by atoms with Crippen molar-refractivity contribution in [2.75, 3.05) is 18.0 Å². The monoisotopic (exact) mass is 288 g/mol. The summed E-state index contributed by atoms with van der Waals surface area (Å²) in [5.74, 6) is -0.763. The molecule has 110 valence electrons. The van der Waals surface area contributed by atoms with E-state index in [0.717, 1.165) is 6.07 Å². The summed E-state index contributed by atoms with van der Waals surface area (Å²) in [6, 6.07) is 3.67. The molecule has 0 radical (unpaired) electrons. The fourth-order valence-electron chi connectivity index (χ4n) is 2.37. The van der Waals surface area contributed by atoms with E-state index < -0.39 is 23.3 Å². The van der Waals surface area contributed by atoms with Gasteiger partial charge in [-0.05, 0) is 31.9 Å². The van der Waals surface area contributed by atoms with Gasteiger partial charge >= 0.3 is 12.1 Å². The Hall–Kier alpha value is -1.79. The highest BCUT2D eigenvalue weighted by atomic mass is 19.4. The lowest BCUT2D eigenvalue weighted by Gasteiger charge is -2.38. The first-order chi connectivity index (χ1) is 9.22. The molecule has 1 saturated heterocycles. The van der Waals surface area contributed by atoms with Gasteiger partial charge in [-0.25, -0.2) is 4.98 Å². The molecule has 1 N–H and O–H groups in total. The summed E-state index contributed by atoms with van der Waals surface area (Å²) >= 11 is 0. The van der Waals surface area contributed by atoms with E-state index in [4.69, 9.17) is 0 Å². The number of carbonyl (C=O) groups is 1. The standard InChI is InChI=1S/C13H15F3N2O2/c1-12(11(19)20)6-3-7-18(8-12)10-5-2-4-9(17-10)13(14,15)16/h2,4-5H,3,6-8H2,1H3,(H,19,20). The molecule has 1 unspecified atom stereocenters. The summed E-state index contributed by atoms with van der Waals surface area (Å²) < 4.78 is 37.9. The van der Waals surface area contributed by atoms with Crippen LogP contribution in [0.5, 0.6) is 0 Å². The molecule has 2 rings (SSSR count). The highest BCUT2D eigenvalue weighted by Gasteiger charge is 2.39. The number of hydrogen-bond acceptors (Lipinski definition) is 3. The number of rotatable bonds is 2. The fraction of sp³-hybridized carbons (Fsp3) is 0.538. The Kier molecular flexibility index (Phi) is 3.62. The average Bonchev–Trinajstić information content (AvgIpc) is 2.38. The number of nitrogens with zero attached hydrogens (tertiary/aromatic N) is 2. The number of carboxylic acids is 1. The number of aromatic nitrogens is 1. The van der Waals surface area contributed by atoms with Crippen LogP contribution in [0, 0.1) is 5.41 Å². The lowest BCUT2D eigenvalue weighted by molar-refractivity contribution is -0.148. The normalized spacial score (nSPS) is 23.7. The zero-order valence-corrected chi connectivity index (χ0v) is 10.9. The number of anilines is 1. The van der Waals surface area contributed by atoms with Crippen molar-refractivity contribution in [3.63, 3.8) is 0 Å². The van der Waals surface area contributed by atoms with Crippen molar-refractivity contribution in [2.45, 2.75) is 25.9 Å². The molecular formula is C13H15F3N2O2. The Morgan fingerprint density at radius 1 is 1.45 bits per heavy atom. The molecule has 0 bridgehead atoms. The van der Waals surface area contributed by atoms with Crippen molar-refractivity contribution in [1.29, 1.82) is 0 Å². The summed E-state index contributed by atoms with van der Waals surface area (Å²) in [7, 11) is 0. The summed E-state index contributed by atoms with van der Waals surface area (Å²) in [5.41, 5.74) is -1.91. The Morgan fingerprint density at radius 3 is 2.75 bits per heavy atom. The van der Waals surface area contributed by atoms with Crippen molar-refractivity contribution >= 4 is 11.8 Å². The second-order valence-corrected chi connectivity index (χ2v) is 5.27. The van der Waals surface area contributed by atoms with Crippen LogP contribution >= 0.6 is 0 Å². The highest BCUT2D eigenvalue weighted by molar-refractivity contribution is 5.75. The van der Waals surface area contributed by atoms with Crippen molar-refractivity contribution < 1.29 is 23.1 Å². The molecule has 4 nitrogen and oxygen atoms in total. The van der Waals surface area contributed by atoms with E-state index >= 15 is 0 Å². The number of aliphatic carboxylic acids is 1. The molecule has 0 amide bonds. The molecule has 0 saturated carbocycles. The maximum Gasteiger partial charge on any atom is 0.433 e. The van der Waals surface area contributed by atoms with Gasteiger partial charge in [-0.3, -0.25) is 4.79 Å². The van der Waals surface area contributed by atoms with Crippen molar-refractivity contribution in [1.82, 2.24) is 4.98 Å². The van der Waals surface area contributed by atoms with Crippen molar-refractivity contribution in [3.8, 4) is 0 Å². The molecule has 1 aromatic rings. The molecule has 7 heteroatoms. The fourth-order valence-corrected chi connectivity index (χ4v) is 2.37. The highest BCUT2D eigenvalue weighted by Crippen LogP contribution is 2.33. The molecule has 1 fully saturated rings. The van der Waals surface area contributed by atoms with E-state index in [9.17, 15) is 23.1 Å². The predicted molar refractivity (Wildman–Crippen MR) is 66.4 cm³/mol. The van der Waals surface area contributed by atoms with E-state index in [-0.39, 0.29) is 12.4 Å². The molecule has 1 aromatic heterocycles. The van der Waals surface area contributed by atoms with Crippen LogP contribution in [-0.2, 0) is 11.0 Å². The van der Waals surface area contributed by atoms with Crippen LogP contribution in [0.4, 0.5) is 19.0 Å². The first-order valence-corrected chi connectivity index (χ1v) is 6.25. The minimum Gasteiger partial charge on any atom is -0.481 e. The average molecular weight is 288 g/mol. The van der Waals surface area contributed by atoms with Crippen LogP contribution in [-0.4, -0.2) is 29.1 Å². The van der Waals surface area contributed by atoms with Gasteiger partial charge in [-0.1, -0.05) is 6.07 Å². The minimum absolute atomic E-state index is 0.163. The summed E-state index contributed by atoms with van der Waals surface area (Å²) in [6.07, 6.45) is -3.37. The van der Waals surface area contributed by atoms with Crippen molar-refractivity contribution in [2.24, 2.45) is 5.41 Å². The van der Waals surface area contributed by atoms with Gasteiger partial charge < -0.3 is 10.0 Å². The topological polar surface area (TPSA) is 53.4 Å². The van der Waals surface area contributed by atoms with E-state index in [0.29, 0.717) is 19.4 Å². The molecular weight excluding hydrogens is 273 g/mol. The first kappa shape index (κ1) is 14.6. The largest absolute Gasteiger partial charge is 0.481 e. The van der Waals surface area contributed by atoms with E-state index in [1.807, 2.05) is 0 Å². The van der Waals surface area contributed by atoms with Gasteiger partial charge in [0.25, 0.3) is 0 Å². The summed E-state index contributed by atoms with van der Waals surface area (Å²) in [5, 5.41) is 9.22. The number of alkyl halides is 3. The van der Waals surface area contributed by atoms with Crippen LogP contribution in [0.3, 0.4) is 0 Å². The number of piperidine rings is 1. The van der Waals surface area contributed by atoms with E-state index in [2.05, 4.69) is 4.98 Å². The Bertz CT molecular complexity index is 519. The maximum atomic E-state index is 12.6. The van der Waals surface area contributed by atoms with Gasteiger partial charge in [-0.2, -0.15) is 13.2 Å². The zero-order chi connectivity index (χ0) is 15.0. The van der Waals surface area contributed by atoms with Crippen LogP contribution in [0.1, 0.15) is 25.5 Å². The Morgan fingerprint density at radius 2 is 2.15 bits per heavy atom. The number of pyridine rings is 1. The smallest absolute Gasteiger partial charge is 0.433 e. The molecule has 1 aliphatic rings. The minimum atomic E-state index is -4.50. The number of halogens is 3. The molecule has 2 heterocycles. The van der Waals surface area contributed by atoms with E-state index in [1.54, 1.807) is 11.8 Å². The molecule has 0 spiro atoms. The van der Waals surface area contributed by atoms with Gasteiger partial charge in [0.15, 0.2) is 0 Å². The summed E-state index contributed by atoms with van der Waals surface area (Å²) in [6.45, 7) is 2.28. The summed E-state index contributed by atoms with van der Waals surface area (Å²) in [4.78, 5) is 16.5. The Balaban J connectivity index is 2.26. The number of hydrogen-bond donors (Lipinski definition) is 1. The van der Waals surface area contributed by atoms with Crippen LogP contribution < -0.4 is 4.90 Å². The third-order valence-electron chi connectivity index (χ3n) is 3.56. The van der Waals surface area contributed by atoms with Gasteiger partial charge in [-0.15, -0.1) is 0 Å².